The highest BCUT2D eigenvalue weighted by atomic mass is 16.5. The summed E-state index contributed by atoms with van der Waals surface area (Å²) in [5, 5.41) is 0. The lowest BCUT2D eigenvalue weighted by Crippen LogP contribution is -2.47. The number of esters is 1. The Balaban J connectivity index is 2.77. The Hall–Kier alpha value is -1.35. The molecule has 0 saturated carbocycles. The van der Waals surface area contributed by atoms with Gasteiger partial charge in [-0.25, -0.2) is 0 Å². The highest BCUT2D eigenvalue weighted by Gasteiger charge is 2.29. The van der Waals surface area contributed by atoms with Crippen molar-refractivity contribution in [2.24, 2.45) is 5.73 Å². The largest absolute Gasteiger partial charge is 0.468 e. The average molecular weight is 207 g/mol. The van der Waals surface area contributed by atoms with Crippen LogP contribution in [0.4, 0.5) is 0 Å². The Morgan fingerprint density at radius 1 is 1.40 bits per heavy atom. The quantitative estimate of drug-likeness (QED) is 0.763. The third-order valence-electron chi connectivity index (χ3n) is 2.34. The third kappa shape index (κ3) is 3.06. The van der Waals surface area contributed by atoms with Crippen molar-refractivity contribution in [1.29, 1.82) is 0 Å². The molecule has 0 heterocycles. The molecule has 0 fully saturated rings. The second-order valence-corrected chi connectivity index (χ2v) is 4.07. The fourth-order valence-electron chi connectivity index (χ4n) is 1.44. The first-order chi connectivity index (χ1) is 6.95. The predicted octanol–water partition coefficient (Wildman–Crippen LogP) is 1.43. The number of benzene rings is 1. The topological polar surface area (TPSA) is 52.3 Å². The van der Waals surface area contributed by atoms with Crippen LogP contribution in [-0.2, 0) is 16.0 Å². The monoisotopic (exact) mass is 207 g/mol. The van der Waals surface area contributed by atoms with Gasteiger partial charge in [0.1, 0.15) is 5.54 Å². The van der Waals surface area contributed by atoms with Gasteiger partial charge in [-0.05, 0) is 19.4 Å². The highest BCUT2D eigenvalue weighted by Crippen LogP contribution is 2.13. The normalized spacial score (nSPS) is 14.4. The van der Waals surface area contributed by atoms with Crippen LogP contribution in [0.3, 0.4) is 0 Å². The van der Waals surface area contributed by atoms with E-state index in [4.69, 9.17) is 5.73 Å². The molecule has 1 atom stereocenters. The standard InChI is InChI=1S/C12H17NO2/c1-9-4-6-10(7-5-9)8-12(2,13)11(14)15-3/h4-7H,8,13H2,1-3H3. The van der Waals surface area contributed by atoms with Crippen LogP contribution in [0.15, 0.2) is 24.3 Å². The van der Waals surface area contributed by atoms with Crippen LogP contribution >= 0.6 is 0 Å². The lowest BCUT2D eigenvalue weighted by atomic mass is 9.94. The predicted molar refractivity (Wildman–Crippen MR) is 59.5 cm³/mol. The number of ether oxygens (including phenoxy) is 1. The molecule has 1 rings (SSSR count). The highest BCUT2D eigenvalue weighted by molar-refractivity contribution is 5.80. The van der Waals surface area contributed by atoms with Gasteiger partial charge in [0, 0.05) is 6.42 Å². The third-order valence-corrected chi connectivity index (χ3v) is 2.34. The maximum Gasteiger partial charge on any atom is 0.325 e. The van der Waals surface area contributed by atoms with Gasteiger partial charge in [0.05, 0.1) is 7.11 Å². The smallest absolute Gasteiger partial charge is 0.325 e. The summed E-state index contributed by atoms with van der Waals surface area (Å²) in [4.78, 5) is 11.4. The van der Waals surface area contributed by atoms with Gasteiger partial charge in [-0.15, -0.1) is 0 Å². The molecule has 0 aliphatic rings. The lowest BCUT2D eigenvalue weighted by Gasteiger charge is -2.21. The molecular weight excluding hydrogens is 190 g/mol. The molecule has 3 heteroatoms. The van der Waals surface area contributed by atoms with E-state index in [1.807, 2.05) is 31.2 Å². The van der Waals surface area contributed by atoms with Gasteiger partial charge in [0.25, 0.3) is 0 Å². The summed E-state index contributed by atoms with van der Waals surface area (Å²) in [7, 11) is 1.35. The number of hydrogen-bond acceptors (Lipinski definition) is 3. The van der Waals surface area contributed by atoms with Crippen molar-refractivity contribution in [3.63, 3.8) is 0 Å². The summed E-state index contributed by atoms with van der Waals surface area (Å²) >= 11 is 0. The fraction of sp³-hybridized carbons (Fsp3) is 0.417. The van der Waals surface area contributed by atoms with Crippen molar-refractivity contribution in [1.82, 2.24) is 0 Å². The SMILES string of the molecule is COC(=O)C(C)(N)Cc1ccc(C)cc1. The van der Waals surface area contributed by atoms with Crippen molar-refractivity contribution in [3.8, 4) is 0 Å². The van der Waals surface area contributed by atoms with E-state index in [0.29, 0.717) is 6.42 Å². The molecule has 0 aliphatic heterocycles. The van der Waals surface area contributed by atoms with Crippen LogP contribution in [-0.4, -0.2) is 18.6 Å². The van der Waals surface area contributed by atoms with Gasteiger partial charge in [-0.3, -0.25) is 4.79 Å². The van der Waals surface area contributed by atoms with E-state index in [0.717, 1.165) is 5.56 Å². The number of rotatable bonds is 3. The van der Waals surface area contributed by atoms with Crippen molar-refractivity contribution >= 4 is 5.97 Å². The molecule has 1 aromatic rings. The minimum atomic E-state index is -0.954. The molecule has 1 aromatic carbocycles. The van der Waals surface area contributed by atoms with E-state index in [9.17, 15) is 4.79 Å². The average Bonchev–Trinajstić information content (AvgIpc) is 2.20. The van der Waals surface area contributed by atoms with Crippen LogP contribution < -0.4 is 5.73 Å². The summed E-state index contributed by atoms with van der Waals surface area (Å²) in [5.74, 6) is -0.386. The van der Waals surface area contributed by atoms with Crippen molar-refractivity contribution in [3.05, 3.63) is 35.4 Å². The van der Waals surface area contributed by atoms with Crippen LogP contribution in [0.25, 0.3) is 0 Å². The van der Waals surface area contributed by atoms with Gasteiger partial charge in [0.15, 0.2) is 0 Å². The summed E-state index contributed by atoms with van der Waals surface area (Å²) in [5.41, 5.74) is 7.14. The Morgan fingerprint density at radius 3 is 2.40 bits per heavy atom. The van der Waals surface area contributed by atoms with E-state index in [2.05, 4.69) is 4.74 Å². The number of methoxy groups -OCH3 is 1. The minimum absolute atomic E-state index is 0.386. The molecule has 0 radical (unpaired) electrons. The first-order valence-electron chi connectivity index (χ1n) is 4.88. The molecule has 15 heavy (non-hydrogen) atoms. The molecular formula is C12H17NO2. The molecule has 0 bridgehead atoms. The van der Waals surface area contributed by atoms with Crippen LogP contribution in [0, 0.1) is 6.92 Å². The van der Waals surface area contributed by atoms with Crippen LogP contribution in [0.1, 0.15) is 18.1 Å². The van der Waals surface area contributed by atoms with E-state index >= 15 is 0 Å². The van der Waals surface area contributed by atoms with Gasteiger partial charge in [0.2, 0.25) is 0 Å². The molecule has 0 aromatic heterocycles. The number of nitrogens with two attached hydrogens (primary N) is 1. The van der Waals surface area contributed by atoms with E-state index in [1.165, 1.54) is 12.7 Å². The van der Waals surface area contributed by atoms with Crippen molar-refractivity contribution in [2.45, 2.75) is 25.8 Å². The zero-order valence-electron chi connectivity index (χ0n) is 9.41. The Labute approximate surface area is 90.2 Å². The van der Waals surface area contributed by atoms with E-state index in [-0.39, 0.29) is 5.97 Å². The maximum atomic E-state index is 11.4. The van der Waals surface area contributed by atoms with Crippen LogP contribution in [0.2, 0.25) is 0 Å². The van der Waals surface area contributed by atoms with Gasteiger partial charge in [-0.2, -0.15) is 0 Å². The molecule has 2 N–H and O–H groups in total. The molecule has 0 spiro atoms. The zero-order chi connectivity index (χ0) is 11.5. The van der Waals surface area contributed by atoms with Gasteiger partial charge in [-0.1, -0.05) is 29.8 Å². The van der Waals surface area contributed by atoms with Gasteiger partial charge >= 0.3 is 5.97 Å². The molecule has 0 amide bonds. The fourth-order valence-corrected chi connectivity index (χ4v) is 1.44. The molecule has 0 aliphatic carbocycles. The minimum Gasteiger partial charge on any atom is -0.468 e. The number of carbonyl (C=O) groups is 1. The van der Waals surface area contributed by atoms with Crippen LogP contribution in [0.5, 0.6) is 0 Å². The Morgan fingerprint density at radius 2 is 1.93 bits per heavy atom. The number of aryl methyl sites for hydroxylation is 1. The van der Waals surface area contributed by atoms with E-state index < -0.39 is 5.54 Å². The summed E-state index contributed by atoms with van der Waals surface area (Å²) in [6.07, 6.45) is 0.486. The zero-order valence-corrected chi connectivity index (χ0v) is 9.41. The Bertz CT molecular complexity index is 341. The summed E-state index contributed by atoms with van der Waals surface area (Å²) < 4.78 is 4.65. The first-order valence-corrected chi connectivity index (χ1v) is 4.88. The number of carbonyl (C=O) groups excluding carboxylic acids is 1. The second-order valence-electron chi connectivity index (χ2n) is 4.07. The van der Waals surface area contributed by atoms with E-state index in [1.54, 1.807) is 6.92 Å². The van der Waals surface area contributed by atoms with Crippen molar-refractivity contribution in [2.75, 3.05) is 7.11 Å². The second kappa shape index (κ2) is 4.45. The summed E-state index contributed by atoms with van der Waals surface area (Å²) in [6.45, 7) is 3.70. The summed E-state index contributed by atoms with van der Waals surface area (Å²) in [6, 6.07) is 7.96. The van der Waals surface area contributed by atoms with Gasteiger partial charge < -0.3 is 10.5 Å². The lowest BCUT2D eigenvalue weighted by molar-refractivity contribution is -0.146. The number of hydrogen-bond donors (Lipinski definition) is 1. The molecule has 82 valence electrons. The molecule has 0 saturated heterocycles. The van der Waals surface area contributed by atoms with Crippen molar-refractivity contribution < 1.29 is 9.53 Å². The molecule has 3 nitrogen and oxygen atoms in total. The maximum absolute atomic E-state index is 11.4. The Kier molecular flexibility index (Phi) is 3.48. The first kappa shape index (κ1) is 11.7. The molecule has 1 unspecified atom stereocenters.